The molecule has 2 aromatic rings. The van der Waals surface area contributed by atoms with Crippen molar-refractivity contribution in [3.8, 4) is 0 Å². The van der Waals surface area contributed by atoms with Crippen molar-refractivity contribution in [3.63, 3.8) is 0 Å². The summed E-state index contributed by atoms with van der Waals surface area (Å²) in [4.78, 5) is 41.7. The van der Waals surface area contributed by atoms with Crippen molar-refractivity contribution in [1.82, 2.24) is 10.8 Å². The molecule has 10 nitrogen and oxygen atoms in total. The van der Waals surface area contributed by atoms with Crippen LogP contribution in [0.25, 0.3) is 0 Å². The number of methoxy groups -OCH3 is 1. The zero-order chi connectivity index (χ0) is 29.5. The maximum Gasteiger partial charge on any atom is 0.247 e. The Hall–Kier alpha value is -3.31. The monoisotopic (exact) mass is 571 g/mol. The second-order valence-electron chi connectivity index (χ2n) is 9.73. The van der Waals surface area contributed by atoms with Gasteiger partial charge in [-0.15, -0.1) is 0 Å². The number of carbonyl (C=O) groups excluding carboxylic acids is 3. The molecular formula is C31H45N3O7. The second kappa shape index (κ2) is 21.4. The maximum absolute atomic E-state index is 12.6. The highest BCUT2D eigenvalue weighted by Gasteiger charge is 2.17. The first kappa shape index (κ1) is 33.9. The van der Waals surface area contributed by atoms with Crippen LogP contribution >= 0.6 is 0 Å². The van der Waals surface area contributed by atoms with Gasteiger partial charge < -0.3 is 25.3 Å². The van der Waals surface area contributed by atoms with E-state index in [1.165, 1.54) is 11.1 Å². The van der Waals surface area contributed by atoms with Crippen LogP contribution in [0.1, 0.15) is 48.8 Å². The van der Waals surface area contributed by atoms with Crippen molar-refractivity contribution in [2.45, 2.75) is 57.5 Å². The van der Waals surface area contributed by atoms with E-state index in [9.17, 15) is 14.4 Å². The Morgan fingerprint density at radius 1 is 0.805 bits per heavy atom. The van der Waals surface area contributed by atoms with E-state index in [1.807, 2.05) is 24.3 Å². The molecule has 3 amide bonds. The van der Waals surface area contributed by atoms with E-state index in [4.69, 9.17) is 24.8 Å². The van der Waals surface area contributed by atoms with Gasteiger partial charge in [-0.05, 0) is 48.8 Å². The summed E-state index contributed by atoms with van der Waals surface area (Å²) in [6.45, 7) is 2.52. The summed E-state index contributed by atoms with van der Waals surface area (Å²) in [7, 11) is 1.61. The number of ether oxygens (including phenoxy) is 3. The molecule has 4 N–H and O–H groups in total. The number of unbranched alkanes of at least 4 members (excludes halogenated alkanes) is 1. The molecule has 0 radical (unpaired) electrons. The van der Waals surface area contributed by atoms with Crippen molar-refractivity contribution in [2.75, 3.05) is 46.7 Å². The molecule has 0 saturated carbocycles. The van der Waals surface area contributed by atoms with Gasteiger partial charge in [-0.25, -0.2) is 5.48 Å². The molecule has 41 heavy (non-hydrogen) atoms. The van der Waals surface area contributed by atoms with E-state index in [0.29, 0.717) is 39.6 Å². The summed E-state index contributed by atoms with van der Waals surface area (Å²) in [5, 5.41) is 2.74. The molecule has 0 aromatic heterocycles. The minimum absolute atomic E-state index is 0.0340. The lowest BCUT2D eigenvalue weighted by Gasteiger charge is -2.17. The van der Waals surface area contributed by atoms with Gasteiger partial charge in [-0.1, -0.05) is 54.6 Å². The number of primary amides is 1. The van der Waals surface area contributed by atoms with E-state index < -0.39 is 12.0 Å². The van der Waals surface area contributed by atoms with E-state index >= 15 is 0 Å². The van der Waals surface area contributed by atoms with Crippen LogP contribution in [0.15, 0.2) is 54.6 Å². The SMILES string of the molecule is COCCOCCOCCNC(=O)CC(CCC(N)=O)ONC(=O)Cc1cccc(CCCCc2ccccc2)c1. The number of aryl methyl sites for hydroxylation is 2. The summed E-state index contributed by atoms with van der Waals surface area (Å²) >= 11 is 0. The van der Waals surface area contributed by atoms with Crippen LogP contribution in [0.3, 0.4) is 0 Å². The van der Waals surface area contributed by atoms with Crippen LogP contribution in [0.4, 0.5) is 0 Å². The topological polar surface area (TPSA) is 138 Å². The third kappa shape index (κ3) is 17.2. The van der Waals surface area contributed by atoms with Gasteiger partial charge >= 0.3 is 0 Å². The number of nitrogens with one attached hydrogen (secondary N) is 2. The Morgan fingerprint density at radius 2 is 1.46 bits per heavy atom. The minimum atomic E-state index is -0.697. The summed E-state index contributed by atoms with van der Waals surface area (Å²) in [6.07, 6.45) is 3.79. The molecule has 0 fully saturated rings. The Labute approximate surface area is 243 Å². The first-order valence-corrected chi connectivity index (χ1v) is 14.2. The van der Waals surface area contributed by atoms with Crippen molar-refractivity contribution < 1.29 is 33.4 Å². The number of benzene rings is 2. The lowest BCUT2D eigenvalue weighted by atomic mass is 10.0. The molecule has 1 atom stereocenters. The number of carbonyl (C=O) groups is 3. The molecule has 0 aliphatic heterocycles. The molecule has 2 rings (SSSR count). The highest BCUT2D eigenvalue weighted by atomic mass is 16.7. The van der Waals surface area contributed by atoms with Gasteiger partial charge in [0, 0.05) is 20.1 Å². The molecule has 0 heterocycles. The standard InChI is InChI=1S/C31H45N3O7/c1-38-18-19-40-21-20-39-17-16-33-30(36)24-28(14-15-29(32)35)41-34-31(37)23-27-13-7-12-26(22-27)11-6-5-10-25-8-3-2-4-9-25/h2-4,7-9,12-13,22,28H,5-6,10-11,14-21,23-24H2,1H3,(H2,32,35)(H,33,36)(H,34,37). The van der Waals surface area contributed by atoms with Crippen LogP contribution in [-0.4, -0.2) is 70.5 Å². The van der Waals surface area contributed by atoms with Crippen LogP contribution < -0.4 is 16.5 Å². The van der Waals surface area contributed by atoms with E-state index in [-0.39, 0.29) is 37.5 Å². The molecule has 226 valence electrons. The van der Waals surface area contributed by atoms with Gasteiger partial charge in [0.15, 0.2) is 0 Å². The van der Waals surface area contributed by atoms with Gasteiger partial charge in [0.25, 0.3) is 0 Å². The fourth-order valence-corrected chi connectivity index (χ4v) is 4.08. The Kier molecular flexibility index (Phi) is 17.7. The average Bonchev–Trinajstić information content (AvgIpc) is 2.96. The number of rotatable bonds is 23. The molecular weight excluding hydrogens is 526 g/mol. The first-order valence-electron chi connectivity index (χ1n) is 14.2. The fraction of sp³-hybridized carbons (Fsp3) is 0.516. The van der Waals surface area contributed by atoms with E-state index in [2.05, 4.69) is 41.1 Å². The van der Waals surface area contributed by atoms with Gasteiger partial charge in [0.05, 0.1) is 52.0 Å². The number of hydrogen-bond acceptors (Lipinski definition) is 7. The van der Waals surface area contributed by atoms with Gasteiger partial charge in [-0.3, -0.25) is 19.2 Å². The van der Waals surface area contributed by atoms with Gasteiger partial charge in [0.2, 0.25) is 17.7 Å². The number of hydroxylamine groups is 1. The smallest absolute Gasteiger partial charge is 0.247 e. The van der Waals surface area contributed by atoms with Crippen LogP contribution in [0.5, 0.6) is 0 Å². The summed E-state index contributed by atoms with van der Waals surface area (Å²) in [5.74, 6) is -1.13. The third-order valence-corrected chi connectivity index (χ3v) is 6.22. The van der Waals surface area contributed by atoms with Crippen LogP contribution in [0, 0.1) is 0 Å². The molecule has 0 saturated heterocycles. The molecule has 0 aliphatic rings. The Bertz CT molecular complexity index is 1020. The lowest BCUT2D eigenvalue weighted by molar-refractivity contribution is -0.142. The summed E-state index contributed by atoms with van der Waals surface area (Å²) in [6, 6.07) is 18.4. The molecule has 2 aromatic carbocycles. The van der Waals surface area contributed by atoms with Crippen molar-refractivity contribution in [1.29, 1.82) is 0 Å². The van der Waals surface area contributed by atoms with E-state index in [0.717, 1.165) is 31.2 Å². The van der Waals surface area contributed by atoms with Crippen LogP contribution in [0.2, 0.25) is 0 Å². The second-order valence-corrected chi connectivity index (χ2v) is 9.73. The predicted molar refractivity (Wildman–Crippen MR) is 156 cm³/mol. The van der Waals surface area contributed by atoms with Crippen molar-refractivity contribution in [3.05, 3.63) is 71.3 Å². The maximum atomic E-state index is 12.6. The normalized spacial score (nSPS) is 11.6. The highest BCUT2D eigenvalue weighted by Crippen LogP contribution is 2.12. The van der Waals surface area contributed by atoms with E-state index in [1.54, 1.807) is 7.11 Å². The number of nitrogens with two attached hydrogens (primary N) is 1. The quantitative estimate of drug-likeness (QED) is 0.138. The van der Waals surface area contributed by atoms with Crippen molar-refractivity contribution in [2.24, 2.45) is 5.73 Å². The third-order valence-electron chi connectivity index (χ3n) is 6.22. The fourth-order valence-electron chi connectivity index (χ4n) is 4.08. The first-order chi connectivity index (χ1) is 20.0. The zero-order valence-corrected chi connectivity index (χ0v) is 24.1. The number of amides is 3. The molecule has 0 aliphatic carbocycles. The van der Waals surface area contributed by atoms with Gasteiger partial charge in [0.1, 0.15) is 0 Å². The predicted octanol–water partition coefficient (Wildman–Crippen LogP) is 2.66. The highest BCUT2D eigenvalue weighted by molar-refractivity contribution is 5.78. The Morgan fingerprint density at radius 3 is 2.20 bits per heavy atom. The molecule has 1 unspecified atom stereocenters. The zero-order valence-electron chi connectivity index (χ0n) is 24.1. The molecule has 0 spiro atoms. The summed E-state index contributed by atoms with van der Waals surface area (Å²) < 4.78 is 15.6. The summed E-state index contributed by atoms with van der Waals surface area (Å²) in [5.41, 5.74) is 11.1. The Balaban J connectivity index is 1.69. The average molecular weight is 572 g/mol. The molecule has 0 bridgehead atoms. The molecule has 10 heteroatoms. The van der Waals surface area contributed by atoms with Crippen LogP contribution in [-0.2, 0) is 52.7 Å². The van der Waals surface area contributed by atoms with Gasteiger partial charge in [-0.2, -0.15) is 0 Å². The number of hydrogen-bond donors (Lipinski definition) is 3. The lowest BCUT2D eigenvalue weighted by Crippen LogP contribution is -2.36. The minimum Gasteiger partial charge on any atom is -0.382 e. The largest absolute Gasteiger partial charge is 0.382 e. The van der Waals surface area contributed by atoms with Crippen molar-refractivity contribution >= 4 is 17.7 Å².